The van der Waals surface area contributed by atoms with Gasteiger partial charge in [-0.1, -0.05) is 36.4 Å². The van der Waals surface area contributed by atoms with Crippen LogP contribution in [0.5, 0.6) is 0 Å². The first-order chi connectivity index (χ1) is 13.2. The molecule has 6 nitrogen and oxygen atoms in total. The van der Waals surface area contributed by atoms with Crippen molar-refractivity contribution in [2.24, 2.45) is 5.73 Å². The zero-order valence-electron chi connectivity index (χ0n) is 15.7. The maximum absolute atomic E-state index is 11.7. The molecule has 3 N–H and O–H groups in total. The highest BCUT2D eigenvalue weighted by molar-refractivity contribution is 7.90. The quantitative estimate of drug-likeness (QED) is 0.594. The van der Waals surface area contributed by atoms with E-state index in [0.717, 1.165) is 33.4 Å². The maximum atomic E-state index is 11.7. The SMILES string of the molecule is CC1=C(CCN(O)C(N)=O)/C(=C\c2ccc(S(C)(=O)=O)cc2)c2ccccc21. The van der Waals surface area contributed by atoms with Gasteiger partial charge in [0.1, 0.15) is 0 Å². The first-order valence-corrected chi connectivity index (χ1v) is 10.6. The van der Waals surface area contributed by atoms with Crippen molar-refractivity contribution in [1.29, 1.82) is 0 Å². The fourth-order valence-corrected chi connectivity index (χ4v) is 4.00. The monoisotopic (exact) mass is 398 g/mol. The van der Waals surface area contributed by atoms with Gasteiger partial charge in [0.2, 0.25) is 0 Å². The topological polar surface area (TPSA) is 101 Å². The lowest BCUT2D eigenvalue weighted by atomic mass is 9.98. The minimum absolute atomic E-state index is 0.0837. The molecular formula is C21H22N2O4S. The average Bonchev–Trinajstić information content (AvgIpc) is 2.91. The van der Waals surface area contributed by atoms with Crippen molar-refractivity contribution in [3.05, 3.63) is 70.8 Å². The van der Waals surface area contributed by atoms with Gasteiger partial charge in [0, 0.05) is 6.26 Å². The molecule has 2 aromatic rings. The minimum atomic E-state index is -3.25. The number of nitrogens with zero attached hydrogens (tertiary/aromatic N) is 1. The van der Waals surface area contributed by atoms with Gasteiger partial charge in [-0.25, -0.2) is 18.3 Å². The van der Waals surface area contributed by atoms with E-state index in [-0.39, 0.29) is 11.4 Å². The van der Waals surface area contributed by atoms with E-state index in [1.807, 2.05) is 37.3 Å². The van der Waals surface area contributed by atoms with E-state index in [1.165, 1.54) is 6.26 Å². The Bertz CT molecular complexity index is 1080. The fourth-order valence-electron chi connectivity index (χ4n) is 3.36. The Morgan fingerprint density at radius 3 is 2.29 bits per heavy atom. The molecule has 0 spiro atoms. The van der Waals surface area contributed by atoms with Gasteiger partial charge >= 0.3 is 6.03 Å². The molecule has 0 saturated heterocycles. The first-order valence-electron chi connectivity index (χ1n) is 8.76. The molecule has 0 radical (unpaired) electrons. The van der Waals surface area contributed by atoms with Crippen molar-refractivity contribution in [2.75, 3.05) is 12.8 Å². The van der Waals surface area contributed by atoms with E-state index in [9.17, 15) is 18.4 Å². The summed E-state index contributed by atoms with van der Waals surface area (Å²) in [5.74, 6) is 0. The number of carbonyl (C=O) groups excluding carboxylic acids is 1. The molecule has 1 aliphatic carbocycles. The van der Waals surface area contributed by atoms with Gasteiger partial charge in [0.15, 0.2) is 9.84 Å². The van der Waals surface area contributed by atoms with Crippen LogP contribution in [-0.2, 0) is 9.84 Å². The predicted octanol–water partition coefficient (Wildman–Crippen LogP) is 3.58. The number of hydrogen-bond acceptors (Lipinski definition) is 4. The van der Waals surface area contributed by atoms with Crippen molar-refractivity contribution in [2.45, 2.75) is 18.2 Å². The third kappa shape index (κ3) is 4.00. The molecule has 0 heterocycles. The van der Waals surface area contributed by atoms with Gasteiger partial charge in [-0.15, -0.1) is 0 Å². The van der Waals surface area contributed by atoms with E-state index in [2.05, 4.69) is 0 Å². The van der Waals surface area contributed by atoms with Crippen molar-refractivity contribution < 1.29 is 18.4 Å². The Labute approximate surface area is 164 Å². The molecule has 2 amide bonds. The number of hydroxylamine groups is 2. The highest BCUT2D eigenvalue weighted by Gasteiger charge is 2.24. The molecule has 7 heteroatoms. The van der Waals surface area contributed by atoms with Crippen LogP contribution >= 0.6 is 0 Å². The summed E-state index contributed by atoms with van der Waals surface area (Å²) in [6, 6.07) is 13.8. The highest BCUT2D eigenvalue weighted by atomic mass is 32.2. The summed E-state index contributed by atoms with van der Waals surface area (Å²) >= 11 is 0. The fraction of sp³-hybridized carbons (Fsp3) is 0.190. The number of rotatable bonds is 5. The number of hydrogen-bond donors (Lipinski definition) is 2. The second-order valence-corrected chi connectivity index (χ2v) is 8.78. The zero-order valence-corrected chi connectivity index (χ0v) is 16.5. The summed E-state index contributed by atoms with van der Waals surface area (Å²) in [7, 11) is -3.25. The number of allylic oxidation sites excluding steroid dienone is 2. The predicted molar refractivity (Wildman–Crippen MR) is 109 cm³/mol. The van der Waals surface area contributed by atoms with Crippen LogP contribution in [0.4, 0.5) is 4.79 Å². The zero-order chi connectivity index (χ0) is 20.5. The van der Waals surface area contributed by atoms with E-state index in [0.29, 0.717) is 11.5 Å². The lowest BCUT2D eigenvalue weighted by Crippen LogP contribution is -2.33. The number of carbonyl (C=O) groups is 1. The van der Waals surface area contributed by atoms with Gasteiger partial charge in [-0.3, -0.25) is 5.21 Å². The first kappa shape index (κ1) is 19.9. The average molecular weight is 398 g/mol. The molecule has 0 bridgehead atoms. The van der Waals surface area contributed by atoms with Crippen molar-refractivity contribution in [1.82, 2.24) is 5.06 Å². The van der Waals surface area contributed by atoms with Crippen LogP contribution in [-0.4, -0.2) is 37.5 Å². The van der Waals surface area contributed by atoms with E-state index < -0.39 is 15.9 Å². The number of nitrogens with two attached hydrogens (primary N) is 1. The Hall–Kier alpha value is -2.90. The molecule has 0 saturated carbocycles. The van der Waals surface area contributed by atoms with Crippen LogP contribution < -0.4 is 5.73 Å². The largest absolute Gasteiger partial charge is 0.350 e. The van der Waals surface area contributed by atoms with Crippen LogP contribution in [0.25, 0.3) is 17.2 Å². The van der Waals surface area contributed by atoms with Crippen molar-refractivity contribution in [3.8, 4) is 0 Å². The molecule has 0 aromatic heterocycles. The third-order valence-electron chi connectivity index (χ3n) is 4.85. The smallest absolute Gasteiger partial charge is 0.338 e. The van der Waals surface area contributed by atoms with Gasteiger partial charge in [-0.2, -0.15) is 0 Å². The molecular weight excluding hydrogens is 376 g/mol. The lowest BCUT2D eigenvalue weighted by molar-refractivity contribution is -0.0379. The third-order valence-corrected chi connectivity index (χ3v) is 5.97. The van der Waals surface area contributed by atoms with Crippen molar-refractivity contribution >= 4 is 33.1 Å². The van der Waals surface area contributed by atoms with Gasteiger partial charge < -0.3 is 5.73 Å². The van der Waals surface area contributed by atoms with Crippen LogP contribution in [0.2, 0.25) is 0 Å². The van der Waals surface area contributed by atoms with Crippen LogP contribution in [0.15, 0.2) is 59.0 Å². The normalized spacial score (nSPS) is 15.0. The highest BCUT2D eigenvalue weighted by Crippen LogP contribution is 2.43. The molecule has 2 aromatic carbocycles. The number of amides is 2. The summed E-state index contributed by atoms with van der Waals surface area (Å²) in [4.78, 5) is 11.4. The number of primary amides is 1. The minimum Gasteiger partial charge on any atom is -0.350 e. The number of urea groups is 1. The van der Waals surface area contributed by atoms with E-state index in [1.54, 1.807) is 24.3 Å². The molecule has 28 heavy (non-hydrogen) atoms. The van der Waals surface area contributed by atoms with Gasteiger partial charge in [0.05, 0.1) is 11.4 Å². The lowest BCUT2D eigenvalue weighted by Gasteiger charge is -2.14. The molecule has 146 valence electrons. The molecule has 0 atom stereocenters. The molecule has 0 aliphatic heterocycles. The summed E-state index contributed by atoms with van der Waals surface area (Å²) in [5, 5.41) is 10.1. The van der Waals surface area contributed by atoms with E-state index >= 15 is 0 Å². The standard InChI is InChI=1S/C21H22N2O4S/c1-14-17-5-3-4-6-19(17)20(18(14)11-12-23(25)21(22)24)13-15-7-9-16(10-8-15)28(2,26)27/h3-10,13,25H,11-12H2,1-2H3,(H2,22,24)/b20-13+. The summed E-state index contributed by atoms with van der Waals surface area (Å²) < 4.78 is 23.3. The van der Waals surface area contributed by atoms with Crippen molar-refractivity contribution in [3.63, 3.8) is 0 Å². The second-order valence-electron chi connectivity index (χ2n) is 6.76. The summed E-state index contributed by atoms with van der Waals surface area (Å²) in [6.07, 6.45) is 3.60. The van der Waals surface area contributed by atoms with Crippen LogP contribution in [0.1, 0.15) is 30.0 Å². The number of sulfone groups is 1. The van der Waals surface area contributed by atoms with E-state index in [4.69, 9.17) is 5.73 Å². The maximum Gasteiger partial charge on any atom is 0.338 e. The molecule has 0 unspecified atom stereocenters. The Kier molecular flexibility index (Phi) is 5.40. The Balaban J connectivity index is 2.00. The Morgan fingerprint density at radius 2 is 1.71 bits per heavy atom. The molecule has 0 fully saturated rings. The van der Waals surface area contributed by atoms with Gasteiger partial charge in [-0.05, 0) is 65.0 Å². The molecule has 1 aliphatic rings. The van der Waals surface area contributed by atoms with Gasteiger partial charge in [0.25, 0.3) is 0 Å². The summed E-state index contributed by atoms with van der Waals surface area (Å²) in [5.41, 5.74) is 11.2. The summed E-state index contributed by atoms with van der Waals surface area (Å²) in [6.45, 7) is 2.09. The Morgan fingerprint density at radius 1 is 1.11 bits per heavy atom. The van der Waals surface area contributed by atoms with Crippen LogP contribution in [0.3, 0.4) is 0 Å². The number of fused-ring (bicyclic) bond motifs is 1. The second kappa shape index (κ2) is 7.61. The number of benzene rings is 2. The molecule has 3 rings (SSSR count). The van der Waals surface area contributed by atoms with Crippen LogP contribution in [0, 0.1) is 0 Å².